The molecule has 2 aromatic heterocycles. The molecule has 0 radical (unpaired) electrons. The first-order chi connectivity index (χ1) is 15.0. The number of hydrogen-bond acceptors (Lipinski definition) is 6. The Kier molecular flexibility index (Phi) is 6.58. The minimum absolute atomic E-state index is 0.0355. The van der Waals surface area contributed by atoms with Crippen molar-refractivity contribution in [3.8, 4) is 5.75 Å². The zero-order valence-corrected chi connectivity index (χ0v) is 18.3. The summed E-state index contributed by atoms with van der Waals surface area (Å²) in [7, 11) is 0. The number of morpholine rings is 1. The largest absolute Gasteiger partial charge is 0.493 e. The predicted molar refractivity (Wildman–Crippen MR) is 114 cm³/mol. The first-order valence-electron chi connectivity index (χ1n) is 10.2. The summed E-state index contributed by atoms with van der Waals surface area (Å²) >= 11 is 5.97. The highest BCUT2D eigenvalue weighted by atomic mass is 35.5. The maximum absolute atomic E-state index is 12.8. The lowest BCUT2D eigenvalue weighted by atomic mass is 10.1. The molecule has 3 heterocycles. The number of rotatable bonds is 7. The molecule has 1 aliphatic rings. The summed E-state index contributed by atoms with van der Waals surface area (Å²) in [6.07, 6.45) is 0.683. The van der Waals surface area contributed by atoms with Gasteiger partial charge in [-0.25, -0.2) is 0 Å². The molecule has 9 heteroatoms. The lowest BCUT2D eigenvalue weighted by molar-refractivity contribution is -0.138. The van der Waals surface area contributed by atoms with E-state index in [2.05, 4.69) is 15.4 Å². The SMILES string of the molecule is Cc1noc(C)c1CC(=O)N1CCO[C@H](c2cc(CCOc3cccc(Cl)c3)[nH]n2)C1. The van der Waals surface area contributed by atoms with Gasteiger partial charge in [-0.3, -0.25) is 9.89 Å². The van der Waals surface area contributed by atoms with Gasteiger partial charge in [0.25, 0.3) is 0 Å². The molecule has 8 nitrogen and oxygen atoms in total. The van der Waals surface area contributed by atoms with Crippen molar-refractivity contribution >= 4 is 17.5 Å². The molecule has 0 spiro atoms. The number of aromatic amines is 1. The second-order valence-electron chi connectivity index (χ2n) is 7.55. The molecule has 3 aromatic rings. The highest BCUT2D eigenvalue weighted by Gasteiger charge is 2.28. The van der Waals surface area contributed by atoms with Crippen LogP contribution in [0.5, 0.6) is 5.75 Å². The Morgan fingerprint density at radius 1 is 1.35 bits per heavy atom. The van der Waals surface area contributed by atoms with Crippen molar-refractivity contribution in [1.29, 1.82) is 0 Å². The van der Waals surface area contributed by atoms with Crippen LogP contribution in [-0.2, 0) is 22.4 Å². The normalized spacial score (nSPS) is 16.5. The van der Waals surface area contributed by atoms with Gasteiger partial charge in [0, 0.05) is 29.2 Å². The summed E-state index contributed by atoms with van der Waals surface area (Å²) in [5, 5.41) is 12.0. The highest BCUT2D eigenvalue weighted by molar-refractivity contribution is 6.30. The summed E-state index contributed by atoms with van der Waals surface area (Å²) in [4.78, 5) is 14.6. The van der Waals surface area contributed by atoms with Crippen LogP contribution in [0.25, 0.3) is 0 Å². The number of halogens is 1. The van der Waals surface area contributed by atoms with Crippen LogP contribution in [-0.4, -0.2) is 52.5 Å². The van der Waals surface area contributed by atoms with Gasteiger partial charge in [0.15, 0.2) is 0 Å². The van der Waals surface area contributed by atoms with Crippen LogP contribution in [0.15, 0.2) is 34.9 Å². The van der Waals surface area contributed by atoms with E-state index >= 15 is 0 Å². The van der Waals surface area contributed by atoms with E-state index in [-0.39, 0.29) is 18.4 Å². The lowest BCUT2D eigenvalue weighted by Gasteiger charge is -2.32. The summed E-state index contributed by atoms with van der Waals surface area (Å²) in [5.41, 5.74) is 3.34. The molecule has 1 atom stereocenters. The molecule has 1 saturated heterocycles. The minimum Gasteiger partial charge on any atom is -0.493 e. The molecule has 0 saturated carbocycles. The molecule has 1 aliphatic heterocycles. The summed E-state index contributed by atoms with van der Waals surface area (Å²) < 4.78 is 16.8. The van der Waals surface area contributed by atoms with Gasteiger partial charge in [-0.05, 0) is 38.1 Å². The zero-order chi connectivity index (χ0) is 21.8. The van der Waals surface area contributed by atoms with E-state index < -0.39 is 0 Å². The minimum atomic E-state index is -0.263. The van der Waals surface area contributed by atoms with Crippen molar-refractivity contribution in [3.63, 3.8) is 0 Å². The zero-order valence-electron chi connectivity index (χ0n) is 17.6. The molecule has 4 rings (SSSR count). The first-order valence-corrected chi connectivity index (χ1v) is 10.6. The number of carbonyl (C=O) groups excluding carboxylic acids is 1. The van der Waals surface area contributed by atoms with Crippen molar-refractivity contribution < 1.29 is 18.8 Å². The summed E-state index contributed by atoms with van der Waals surface area (Å²) in [6.45, 7) is 5.66. The maximum Gasteiger partial charge on any atom is 0.227 e. The van der Waals surface area contributed by atoms with Gasteiger partial charge in [0.1, 0.15) is 17.6 Å². The van der Waals surface area contributed by atoms with Crippen LogP contribution >= 0.6 is 11.6 Å². The molecule has 0 aliphatic carbocycles. The van der Waals surface area contributed by atoms with Gasteiger partial charge in [-0.1, -0.05) is 22.8 Å². The Morgan fingerprint density at radius 2 is 2.23 bits per heavy atom. The molecule has 1 N–H and O–H groups in total. The molecular weight excluding hydrogens is 420 g/mol. The number of ether oxygens (including phenoxy) is 2. The van der Waals surface area contributed by atoms with Crippen LogP contribution in [0.3, 0.4) is 0 Å². The van der Waals surface area contributed by atoms with Crippen LogP contribution in [0.2, 0.25) is 5.02 Å². The summed E-state index contributed by atoms with van der Waals surface area (Å²) in [5.74, 6) is 1.45. The molecule has 1 aromatic carbocycles. The van der Waals surface area contributed by atoms with Crippen molar-refractivity contribution in [2.45, 2.75) is 32.8 Å². The van der Waals surface area contributed by atoms with Crippen molar-refractivity contribution in [1.82, 2.24) is 20.3 Å². The molecule has 164 valence electrons. The van der Waals surface area contributed by atoms with Gasteiger partial charge in [0.05, 0.1) is 37.6 Å². The van der Waals surface area contributed by atoms with E-state index in [9.17, 15) is 4.79 Å². The number of hydrogen-bond donors (Lipinski definition) is 1. The Labute approximate surface area is 185 Å². The Morgan fingerprint density at radius 3 is 3.00 bits per heavy atom. The third kappa shape index (κ3) is 5.26. The predicted octanol–water partition coefficient (Wildman–Crippen LogP) is 3.43. The summed E-state index contributed by atoms with van der Waals surface area (Å²) in [6, 6.07) is 9.28. The quantitative estimate of drug-likeness (QED) is 0.600. The topological polar surface area (TPSA) is 93.5 Å². The fourth-order valence-electron chi connectivity index (χ4n) is 3.58. The third-order valence-corrected chi connectivity index (χ3v) is 5.58. The molecule has 1 amide bonds. The van der Waals surface area contributed by atoms with Gasteiger partial charge >= 0.3 is 0 Å². The number of benzene rings is 1. The molecule has 0 unspecified atom stereocenters. The monoisotopic (exact) mass is 444 g/mol. The van der Waals surface area contributed by atoms with Crippen LogP contribution in [0.1, 0.15) is 34.5 Å². The van der Waals surface area contributed by atoms with Crippen molar-refractivity contribution in [3.05, 3.63) is 63.8 Å². The van der Waals surface area contributed by atoms with E-state index in [1.54, 1.807) is 6.07 Å². The standard InChI is InChI=1S/C22H25ClN4O4/c1-14-19(15(2)31-26-14)12-22(28)27-7-9-30-21(13-27)20-11-17(24-25-20)6-8-29-18-5-3-4-16(23)10-18/h3-5,10-11,21H,6-9,12-13H2,1-2H3,(H,24,25)/t21-/m0/s1. The second-order valence-corrected chi connectivity index (χ2v) is 7.99. The van der Waals surface area contributed by atoms with Crippen LogP contribution in [0, 0.1) is 13.8 Å². The molecular formula is C22H25ClN4O4. The fourth-order valence-corrected chi connectivity index (χ4v) is 3.76. The van der Waals surface area contributed by atoms with E-state index in [0.29, 0.717) is 43.5 Å². The van der Waals surface area contributed by atoms with Gasteiger partial charge in [0.2, 0.25) is 5.91 Å². The average Bonchev–Trinajstić information content (AvgIpc) is 3.36. The van der Waals surface area contributed by atoms with E-state index in [1.807, 2.05) is 43.0 Å². The maximum atomic E-state index is 12.8. The number of aryl methyl sites for hydroxylation is 2. The third-order valence-electron chi connectivity index (χ3n) is 5.35. The molecule has 31 heavy (non-hydrogen) atoms. The van der Waals surface area contributed by atoms with Gasteiger partial charge in [-0.2, -0.15) is 5.10 Å². The van der Waals surface area contributed by atoms with Crippen molar-refractivity contribution in [2.24, 2.45) is 0 Å². The van der Waals surface area contributed by atoms with Crippen molar-refractivity contribution in [2.75, 3.05) is 26.3 Å². The fraction of sp³-hybridized carbons (Fsp3) is 0.409. The number of nitrogens with zero attached hydrogens (tertiary/aromatic N) is 3. The average molecular weight is 445 g/mol. The Hall–Kier alpha value is -2.84. The number of amides is 1. The number of H-pyrrole nitrogens is 1. The van der Waals surface area contributed by atoms with Gasteiger partial charge < -0.3 is 18.9 Å². The molecule has 0 bridgehead atoms. The number of nitrogens with one attached hydrogen (secondary N) is 1. The number of aromatic nitrogens is 3. The van der Waals surface area contributed by atoms with Crippen LogP contribution in [0.4, 0.5) is 0 Å². The van der Waals surface area contributed by atoms with E-state index in [4.69, 9.17) is 25.6 Å². The lowest BCUT2D eigenvalue weighted by Crippen LogP contribution is -2.43. The van der Waals surface area contributed by atoms with E-state index in [0.717, 1.165) is 28.4 Å². The van der Waals surface area contributed by atoms with Gasteiger partial charge in [-0.15, -0.1) is 0 Å². The first kappa shape index (κ1) is 21.4. The Bertz CT molecular complexity index is 1030. The number of carbonyl (C=O) groups is 1. The van der Waals surface area contributed by atoms with Crippen LogP contribution < -0.4 is 4.74 Å². The second kappa shape index (κ2) is 9.53. The van der Waals surface area contributed by atoms with E-state index in [1.165, 1.54) is 0 Å². The smallest absolute Gasteiger partial charge is 0.227 e. The molecule has 1 fully saturated rings. The Balaban J connectivity index is 1.31. The highest BCUT2D eigenvalue weighted by Crippen LogP contribution is 2.23.